The van der Waals surface area contributed by atoms with Crippen LogP contribution in [0.25, 0.3) is 0 Å². The molecule has 17 heavy (non-hydrogen) atoms. The summed E-state index contributed by atoms with van der Waals surface area (Å²) in [5, 5.41) is 3.98. The Hall–Kier alpha value is -0.0800. The number of hydrogen-bond donors (Lipinski definition) is 1. The SMILES string of the molecule is CC1CCCCCC1NC1CCN(C2CC2)C1. The zero-order chi connectivity index (χ0) is 11.7. The molecule has 1 aliphatic heterocycles. The van der Waals surface area contributed by atoms with Crippen LogP contribution in [0.4, 0.5) is 0 Å². The summed E-state index contributed by atoms with van der Waals surface area (Å²) in [6, 6.07) is 2.57. The molecule has 1 heterocycles. The zero-order valence-corrected chi connectivity index (χ0v) is 11.3. The Morgan fingerprint density at radius 3 is 2.59 bits per heavy atom. The predicted octanol–water partition coefficient (Wildman–Crippen LogP) is 2.78. The van der Waals surface area contributed by atoms with Crippen LogP contribution in [0.15, 0.2) is 0 Å². The fourth-order valence-corrected chi connectivity index (χ4v) is 3.74. The van der Waals surface area contributed by atoms with Crippen molar-refractivity contribution in [2.45, 2.75) is 76.4 Å². The molecule has 0 aromatic rings. The number of nitrogens with zero attached hydrogens (tertiary/aromatic N) is 1. The van der Waals surface area contributed by atoms with Gasteiger partial charge in [-0.2, -0.15) is 0 Å². The van der Waals surface area contributed by atoms with Crippen molar-refractivity contribution in [1.29, 1.82) is 0 Å². The lowest BCUT2D eigenvalue weighted by Crippen LogP contribution is -2.43. The minimum absolute atomic E-state index is 0.793. The summed E-state index contributed by atoms with van der Waals surface area (Å²) in [6.45, 7) is 5.13. The highest BCUT2D eigenvalue weighted by Gasteiger charge is 2.35. The molecular formula is C15H28N2. The summed E-state index contributed by atoms with van der Waals surface area (Å²) >= 11 is 0. The Balaban J connectivity index is 1.48. The summed E-state index contributed by atoms with van der Waals surface area (Å²) < 4.78 is 0. The maximum Gasteiger partial charge on any atom is 0.0210 e. The van der Waals surface area contributed by atoms with E-state index in [1.54, 1.807) is 0 Å². The fourth-order valence-electron chi connectivity index (χ4n) is 3.74. The summed E-state index contributed by atoms with van der Waals surface area (Å²) in [5.41, 5.74) is 0. The first-order valence-electron chi connectivity index (χ1n) is 7.83. The van der Waals surface area contributed by atoms with Crippen molar-refractivity contribution in [3.8, 4) is 0 Å². The second-order valence-corrected chi connectivity index (χ2v) is 6.60. The Morgan fingerprint density at radius 2 is 1.76 bits per heavy atom. The predicted molar refractivity (Wildman–Crippen MR) is 72.2 cm³/mol. The van der Waals surface area contributed by atoms with E-state index in [1.165, 1.54) is 64.5 Å². The van der Waals surface area contributed by atoms with Crippen LogP contribution < -0.4 is 5.32 Å². The van der Waals surface area contributed by atoms with Crippen LogP contribution in [-0.2, 0) is 0 Å². The van der Waals surface area contributed by atoms with Crippen LogP contribution in [0.1, 0.15) is 58.3 Å². The molecule has 0 radical (unpaired) electrons. The minimum atomic E-state index is 0.793. The van der Waals surface area contributed by atoms with Crippen molar-refractivity contribution in [2.75, 3.05) is 13.1 Å². The van der Waals surface area contributed by atoms with E-state index in [1.807, 2.05) is 0 Å². The molecule has 2 aliphatic carbocycles. The highest BCUT2D eigenvalue weighted by atomic mass is 15.2. The Bertz CT molecular complexity index is 249. The van der Waals surface area contributed by atoms with Crippen LogP contribution >= 0.6 is 0 Å². The van der Waals surface area contributed by atoms with Gasteiger partial charge in [-0.1, -0.05) is 26.2 Å². The first-order chi connectivity index (χ1) is 8.33. The number of rotatable bonds is 3. The van der Waals surface area contributed by atoms with Crippen LogP contribution in [-0.4, -0.2) is 36.1 Å². The van der Waals surface area contributed by atoms with Gasteiger partial charge in [-0.15, -0.1) is 0 Å². The van der Waals surface area contributed by atoms with Gasteiger partial charge in [-0.25, -0.2) is 0 Å². The van der Waals surface area contributed by atoms with Gasteiger partial charge in [-0.3, -0.25) is 4.90 Å². The van der Waals surface area contributed by atoms with E-state index in [2.05, 4.69) is 17.1 Å². The first kappa shape index (κ1) is 12.0. The Morgan fingerprint density at radius 1 is 0.941 bits per heavy atom. The largest absolute Gasteiger partial charge is 0.310 e. The summed E-state index contributed by atoms with van der Waals surface area (Å²) in [4.78, 5) is 2.72. The van der Waals surface area contributed by atoms with Gasteiger partial charge < -0.3 is 5.32 Å². The van der Waals surface area contributed by atoms with E-state index in [0.29, 0.717) is 0 Å². The third-order valence-corrected chi connectivity index (χ3v) is 5.09. The van der Waals surface area contributed by atoms with Gasteiger partial charge in [0.1, 0.15) is 0 Å². The molecule has 98 valence electrons. The lowest BCUT2D eigenvalue weighted by Gasteiger charge is -2.27. The molecule has 1 N–H and O–H groups in total. The molecule has 3 fully saturated rings. The summed E-state index contributed by atoms with van der Waals surface area (Å²) in [7, 11) is 0. The van der Waals surface area contributed by atoms with E-state index >= 15 is 0 Å². The van der Waals surface area contributed by atoms with Crippen LogP contribution in [0.5, 0.6) is 0 Å². The molecule has 0 spiro atoms. The van der Waals surface area contributed by atoms with Gasteiger partial charge in [0.05, 0.1) is 0 Å². The monoisotopic (exact) mass is 236 g/mol. The zero-order valence-electron chi connectivity index (χ0n) is 11.3. The van der Waals surface area contributed by atoms with Crippen molar-refractivity contribution < 1.29 is 0 Å². The van der Waals surface area contributed by atoms with Crippen molar-refractivity contribution in [3.63, 3.8) is 0 Å². The second-order valence-electron chi connectivity index (χ2n) is 6.60. The average Bonchev–Trinajstić information content (AvgIpc) is 3.09. The highest BCUT2D eigenvalue weighted by Crippen LogP contribution is 2.30. The van der Waals surface area contributed by atoms with Crippen molar-refractivity contribution >= 4 is 0 Å². The average molecular weight is 236 g/mol. The second kappa shape index (κ2) is 5.27. The van der Waals surface area contributed by atoms with Gasteiger partial charge >= 0.3 is 0 Å². The molecule has 1 saturated heterocycles. The van der Waals surface area contributed by atoms with Crippen molar-refractivity contribution in [3.05, 3.63) is 0 Å². The number of likely N-dealkylation sites (tertiary alicyclic amines) is 1. The van der Waals surface area contributed by atoms with E-state index < -0.39 is 0 Å². The molecule has 0 aromatic carbocycles. The van der Waals surface area contributed by atoms with Gasteiger partial charge in [-0.05, 0) is 38.0 Å². The molecular weight excluding hydrogens is 208 g/mol. The summed E-state index contributed by atoms with van der Waals surface area (Å²) in [5.74, 6) is 0.896. The van der Waals surface area contributed by atoms with Crippen molar-refractivity contribution in [2.24, 2.45) is 5.92 Å². The molecule has 3 aliphatic rings. The maximum atomic E-state index is 3.98. The molecule has 0 amide bonds. The lowest BCUT2D eigenvalue weighted by atomic mass is 9.96. The van der Waals surface area contributed by atoms with Gasteiger partial charge in [0.2, 0.25) is 0 Å². The van der Waals surface area contributed by atoms with Gasteiger partial charge in [0, 0.05) is 31.2 Å². The van der Waals surface area contributed by atoms with Gasteiger partial charge in [0.25, 0.3) is 0 Å². The number of nitrogens with one attached hydrogen (secondary N) is 1. The lowest BCUT2D eigenvalue weighted by molar-refractivity contribution is 0.290. The van der Waals surface area contributed by atoms with E-state index in [9.17, 15) is 0 Å². The van der Waals surface area contributed by atoms with Crippen molar-refractivity contribution in [1.82, 2.24) is 10.2 Å². The first-order valence-corrected chi connectivity index (χ1v) is 7.83. The molecule has 3 atom stereocenters. The standard InChI is InChI=1S/C15H28N2/c1-12-5-3-2-4-6-15(12)16-13-9-10-17(11-13)14-7-8-14/h12-16H,2-11H2,1H3. The molecule has 0 bridgehead atoms. The van der Waals surface area contributed by atoms with E-state index in [4.69, 9.17) is 0 Å². The normalized spacial score (nSPS) is 40.4. The van der Waals surface area contributed by atoms with Crippen LogP contribution in [0, 0.1) is 5.92 Å². The highest BCUT2D eigenvalue weighted by molar-refractivity contribution is 4.93. The van der Waals surface area contributed by atoms with Gasteiger partial charge in [0.15, 0.2) is 0 Å². The Labute approximate surface area is 106 Å². The third kappa shape index (κ3) is 3.03. The minimum Gasteiger partial charge on any atom is -0.310 e. The molecule has 2 nitrogen and oxygen atoms in total. The molecule has 3 rings (SSSR count). The maximum absolute atomic E-state index is 3.98. The molecule has 3 unspecified atom stereocenters. The van der Waals surface area contributed by atoms with Crippen LogP contribution in [0.2, 0.25) is 0 Å². The smallest absolute Gasteiger partial charge is 0.0210 e. The van der Waals surface area contributed by atoms with E-state index in [0.717, 1.165) is 24.0 Å². The fraction of sp³-hybridized carbons (Fsp3) is 1.00. The van der Waals surface area contributed by atoms with E-state index in [-0.39, 0.29) is 0 Å². The van der Waals surface area contributed by atoms with Crippen LogP contribution in [0.3, 0.4) is 0 Å². The Kier molecular flexibility index (Phi) is 3.72. The summed E-state index contributed by atoms with van der Waals surface area (Å²) in [6.07, 6.45) is 11.5. The quantitative estimate of drug-likeness (QED) is 0.758. The molecule has 0 aromatic heterocycles. The third-order valence-electron chi connectivity index (χ3n) is 5.09. The molecule has 2 saturated carbocycles. The number of hydrogen-bond acceptors (Lipinski definition) is 2. The molecule has 2 heteroatoms. The topological polar surface area (TPSA) is 15.3 Å².